The molecule has 1 aromatic rings. The van der Waals surface area contributed by atoms with Gasteiger partial charge in [0.1, 0.15) is 12.4 Å². The number of nitrogens with one attached hydrogen (secondary N) is 1. The highest BCUT2D eigenvalue weighted by Crippen LogP contribution is 2.62. The van der Waals surface area contributed by atoms with Crippen LogP contribution < -0.4 is 10.1 Å². The predicted molar refractivity (Wildman–Crippen MR) is 130 cm³/mol. The molecule has 2 N–H and O–H groups in total. The molecule has 7 unspecified atom stereocenters. The molecule has 2 saturated carbocycles. The summed E-state index contributed by atoms with van der Waals surface area (Å²) in [4.78, 5) is 15.5. The maximum atomic E-state index is 12.9. The minimum absolute atomic E-state index is 0.0603. The molecule has 1 saturated heterocycles. The van der Waals surface area contributed by atoms with Crippen LogP contribution >= 0.6 is 0 Å². The Labute approximate surface area is 199 Å². The van der Waals surface area contributed by atoms with Crippen molar-refractivity contribution in [3.63, 3.8) is 0 Å². The van der Waals surface area contributed by atoms with Crippen LogP contribution in [-0.4, -0.2) is 54.3 Å². The minimum atomic E-state index is -0.369. The van der Waals surface area contributed by atoms with Gasteiger partial charge in [0.25, 0.3) is 0 Å². The fourth-order valence-corrected chi connectivity index (χ4v) is 7.91. The number of hydrogen-bond donors (Lipinski definition) is 2. The van der Waals surface area contributed by atoms with Crippen LogP contribution in [0.4, 0.5) is 0 Å². The van der Waals surface area contributed by atoms with E-state index in [2.05, 4.69) is 42.3 Å². The van der Waals surface area contributed by atoms with Crippen LogP contribution in [-0.2, 0) is 11.2 Å². The molecule has 1 amide bonds. The molecule has 5 rings (SSSR count). The van der Waals surface area contributed by atoms with Gasteiger partial charge in [-0.2, -0.15) is 0 Å². The van der Waals surface area contributed by atoms with E-state index in [0.717, 1.165) is 44.6 Å². The van der Waals surface area contributed by atoms with Gasteiger partial charge in [0, 0.05) is 25.0 Å². The molecule has 3 aliphatic carbocycles. The highest BCUT2D eigenvalue weighted by Gasteiger charge is 2.60. The molecule has 0 bridgehead atoms. The minimum Gasteiger partial charge on any atom is -0.492 e. The number of benzene rings is 1. The molecule has 1 heterocycles. The predicted octanol–water partition coefficient (Wildman–Crippen LogP) is 4.13. The summed E-state index contributed by atoms with van der Waals surface area (Å²) in [6.45, 7) is 10.2. The third-order valence-electron chi connectivity index (χ3n) is 9.69. The first-order chi connectivity index (χ1) is 15.9. The van der Waals surface area contributed by atoms with Gasteiger partial charge in [-0.15, -0.1) is 0 Å². The second kappa shape index (κ2) is 9.22. The average Bonchev–Trinajstić information content (AvgIpc) is 3.33. The summed E-state index contributed by atoms with van der Waals surface area (Å²) in [6.07, 6.45) is 7.12. The molecular formula is C28H42N2O3. The first kappa shape index (κ1) is 23.2. The highest BCUT2D eigenvalue weighted by molar-refractivity contribution is 5.79. The maximum absolute atomic E-state index is 12.9. The van der Waals surface area contributed by atoms with E-state index >= 15 is 0 Å². The van der Waals surface area contributed by atoms with Crippen LogP contribution in [0.15, 0.2) is 18.2 Å². The first-order valence-electron chi connectivity index (χ1n) is 13.4. The number of carbonyl (C=O) groups excluding carboxylic acids is 1. The second-order valence-electron chi connectivity index (χ2n) is 11.4. The monoisotopic (exact) mass is 454 g/mol. The van der Waals surface area contributed by atoms with E-state index in [-0.39, 0.29) is 29.3 Å². The molecule has 1 aliphatic heterocycles. The smallest absolute Gasteiger partial charge is 0.223 e. The van der Waals surface area contributed by atoms with Gasteiger partial charge >= 0.3 is 0 Å². The van der Waals surface area contributed by atoms with Crippen LogP contribution in [0.25, 0.3) is 0 Å². The van der Waals surface area contributed by atoms with Crippen molar-refractivity contribution < 1.29 is 14.6 Å². The third-order valence-corrected chi connectivity index (χ3v) is 9.69. The highest BCUT2D eigenvalue weighted by atomic mass is 16.5. The number of fused-ring (bicyclic) bond motifs is 5. The van der Waals surface area contributed by atoms with E-state index in [1.54, 1.807) is 0 Å². The van der Waals surface area contributed by atoms with Crippen molar-refractivity contribution in [2.75, 3.05) is 26.2 Å². The Morgan fingerprint density at radius 1 is 1.30 bits per heavy atom. The third kappa shape index (κ3) is 4.10. The number of hydrogen-bond acceptors (Lipinski definition) is 4. The van der Waals surface area contributed by atoms with Gasteiger partial charge in [0.2, 0.25) is 5.91 Å². The van der Waals surface area contributed by atoms with Gasteiger partial charge in [0.15, 0.2) is 0 Å². The lowest BCUT2D eigenvalue weighted by Gasteiger charge is -2.51. The summed E-state index contributed by atoms with van der Waals surface area (Å²) in [5.41, 5.74) is 2.76. The number of aliphatic hydroxyl groups excluding tert-OH is 1. The Balaban J connectivity index is 1.30. The van der Waals surface area contributed by atoms with Gasteiger partial charge in [-0.3, -0.25) is 9.69 Å². The maximum Gasteiger partial charge on any atom is 0.223 e. The van der Waals surface area contributed by atoms with Gasteiger partial charge in [0.05, 0.1) is 6.10 Å². The molecule has 0 aromatic heterocycles. The van der Waals surface area contributed by atoms with Gasteiger partial charge in [-0.05, 0) is 112 Å². The largest absolute Gasteiger partial charge is 0.492 e. The molecular weight excluding hydrogens is 412 g/mol. The molecule has 7 atom stereocenters. The van der Waals surface area contributed by atoms with Crippen LogP contribution in [0.2, 0.25) is 0 Å². The zero-order valence-electron chi connectivity index (χ0n) is 20.7. The van der Waals surface area contributed by atoms with E-state index in [9.17, 15) is 9.90 Å². The van der Waals surface area contributed by atoms with Gasteiger partial charge < -0.3 is 15.2 Å². The van der Waals surface area contributed by atoms with Crippen LogP contribution in [0.5, 0.6) is 5.75 Å². The molecule has 1 aromatic carbocycles. The average molecular weight is 455 g/mol. The Hall–Kier alpha value is -1.59. The Morgan fingerprint density at radius 3 is 2.91 bits per heavy atom. The number of carbonyl (C=O) groups is 1. The van der Waals surface area contributed by atoms with Gasteiger partial charge in [-0.25, -0.2) is 0 Å². The van der Waals surface area contributed by atoms with E-state index in [1.165, 1.54) is 30.5 Å². The van der Waals surface area contributed by atoms with Crippen molar-refractivity contribution >= 4 is 5.91 Å². The summed E-state index contributed by atoms with van der Waals surface area (Å²) < 4.78 is 6.17. The summed E-state index contributed by atoms with van der Waals surface area (Å²) in [5, 5.41) is 14.0. The Morgan fingerprint density at radius 2 is 2.15 bits per heavy atom. The molecule has 5 heteroatoms. The molecule has 182 valence electrons. The van der Waals surface area contributed by atoms with Crippen LogP contribution in [0.1, 0.15) is 76.3 Å². The number of aryl methyl sites for hydroxylation is 1. The SMILES string of the molecule is CCNC(=O)C1CC(O)C2(C)CCC3c4ccc(OCCN5CCCC5C)cc4CCC3C12. The molecule has 0 radical (unpaired) electrons. The summed E-state index contributed by atoms with van der Waals surface area (Å²) in [5.74, 6) is 2.32. The molecule has 4 aliphatic rings. The number of likely N-dealkylation sites (tertiary alicyclic amines) is 1. The summed E-state index contributed by atoms with van der Waals surface area (Å²) in [7, 11) is 0. The van der Waals surface area contributed by atoms with E-state index in [1.807, 2.05) is 6.92 Å². The van der Waals surface area contributed by atoms with Crippen molar-refractivity contribution in [2.45, 2.75) is 83.8 Å². The van der Waals surface area contributed by atoms with E-state index in [4.69, 9.17) is 4.74 Å². The fraction of sp³-hybridized carbons (Fsp3) is 0.750. The first-order valence-corrected chi connectivity index (χ1v) is 13.4. The van der Waals surface area contributed by atoms with Crippen molar-refractivity contribution in [3.05, 3.63) is 29.3 Å². The van der Waals surface area contributed by atoms with Gasteiger partial charge in [-0.1, -0.05) is 13.0 Å². The fourth-order valence-electron chi connectivity index (χ4n) is 7.91. The molecule has 0 spiro atoms. The number of amides is 1. The Kier molecular flexibility index (Phi) is 6.47. The van der Waals surface area contributed by atoms with Crippen molar-refractivity contribution in [3.8, 4) is 5.75 Å². The molecule has 5 nitrogen and oxygen atoms in total. The van der Waals surface area contributed by atoms with E-state index < -0.39 is 0 Å². The topological polar surface area (TPSA) is 61.8 Å². The zero-order valence-corrected chi connectivity index (χ0v) is 20.7. The van der Waals surface area contributed by atoms with Crippen molar-refractivity contribution in [2.24, 2.45) is 23.2 Å². The molecule has 33 heavy (non-hydrogen) atoms. The van der Waals surface area contributed by atoms with Crippen molar-refractivity contribution in [1.82, 2.24) is 10.2 Å². The summed E-state index contributed by atoms with van der Waals surface area (Å²) >= 11 is 0. The second-order valence-corrected chi connectivity index (χ2v) is 11.4. The Bertz CT molecular complexity index is 873. The van der Waals surface area contributed by atoms with Crippen molar-refractivity contribution in [1.29, 1.82) is 0 Å². The standard InChI is InChI=1S/C28H42N2O3/c1-4-29-27(32)24-17-25(31)28(3)12-11-22-21-10-8-20(16-19(21)7-9-23(22)26(24)28)33-15-14-30-13-5-6-18(30)2/h8,10,16,18,22-26,31H,4-7,9,11-15,17H2,1-3H3,(H,29,32). The zero-order chi connectivity index (χ0) is 23.2. The van der Waals surface area contributed by atoms with E-state index in [0.29, 0.717) is 30.8 Å². The number of rotatable bonds is 6. The summed E-state index contributed by atoms with van der Waals surface area (Å²) in [6, 6.07) is 7.42. The van der Waals surface area contributed by atoms with Crippen LogP contribution in [0.3, 0.4) is 0 Å². The molecule has 3 fully saturated rings. The lowest BCUT2D eigenvalue weighted by atomic mass is 9.54. The lowest BCUT2D eigenvalue weighted by Crippen LogP contribution is -2.47. The normalized spacial score (nSPS) is 37.8. The quantitative estimate of drug-likeness (QED) is 0.679. The number of ether oxygens (including phenoxy) is 1. The number of nitrogens with zero attached hydrogens (tertiary/aromatic N) is 1. The van der Waals surface area contributed by atoms with Crippen LogP contribution in [0, 0.1) is 23.2 Å². The number of aliphatic hydroxyl groups is 1. The lowest BCUT2D eigenvalue weighted by molar-refractivity contribution is -0.128.